The maximum absolute atomic E-state index is 12.2. The fraction of sp³-hybridized carbons (Fsp3) is 0.263. The molecule has 0 unspecified atom stereocenters. The number of imidazole rings is 1. The molecular weight excluding hydrogens is 352 g/mol. The van der Waals surface area contributed by atoms with Crippen LogP contribution in [-0.4, -0.2) is 35.6 Å². The van der Waals surface area contributed by atoms with Gasteiger partial charge in [0.1, 0.15) is 18.2 Å². The Morgan fingerprint density at radius 3 is 3.00 bits per heavy atom. The number of rotatable bonds is 8. The predicted octanol–water partition coefficient (Wildman–Crippen LogP) is 2.92. The molecule has 0 atom stereocenters. The van der Waals surface area contributed by atoms with E-state index in [1.165, 1.54) is 0 Å². The van der Waals surface area contributed by atoms with Crippen LogP contribution in [0.15, 0.2) is 42.5 Å². The van der Waals surface area contributed by atoms with Gasteiger partial charge in [-0.25, -0.2) is 4.98 Å². The number of halogens is 1. The van der Waals surface area contributed by atoms with E-state index in [0.717, 1.165) is 29.7 Å². The second-order valence-corrected chi connectivity index (χ2v) is 6.31. The lowest BCUT2D eigenvalue weighted by Crippen LogP contribution is -2.24. The first kappa shape index (κ1) is 18.2. The third-order valence-corrected chi connectivity index (χ3v) is 4.09. The Balaban J connectivity index is 1.48. The number of H-pyrrole nitrogens is 1. The van der Waals surface area contributed by atoms with Gasteiger partial charge in [0.2, 0.25) is 0 Å². The van der Waals surface area contributed by atoms with Crippen molar-refractivity contribution < 1.29 is 9.53 Å². The van der Waals surface area contributed by atoms with Crippen LogP contribution in [0.3, 0.4) is 0 Å². The lowest BCUT2D eigenvalue weighted by Gasteiger charge is -2.08. The van der Waals surface area contributed by atoms with Gasteiger partial charge < -0.3 is 20.8 Å². The van der Waals surface area contributed by atoms with Gasteiger partial charge in [0.05, 0.1) is 11.0 Å². The number of benzene rings is 2. The number of hydrogen-bond donors (Lipinski definition) is 3. The summed E-state index contributed by atoms with van der Waals surface area (Å²) in [4.78, 5) is 20.0. The van der Waals surface area contributed by atoms with Crippen molar-refractivity contribution in [1.82, 2.24) is 15.3 Å². The molecule has 0 aliphatic carbocycles. The molecule has 0 spiro atoms. The second kappa shape index (κ2) is 8.69. The van der Waals surface area contributed by atoms with E-state index in [1.807, 2.05) is 18.2 Å². The van der Waals surface area contributed by atoms with Gasteiger partial charge in [-0.3, -0.25) is 4.79 Å². The Hall–Kier alpha value is -2.57. The molecule has 1 aromatic heterocycles. The summed E-state index contributed by atoms with van der Waals surface area (Å²) in [6, 6.07) is 12.6. The van der Waals surface area contributed by atoms with E-state index in [9.17, 15) is 4.79 Å². The van der Waals surface area contributed by atoms with Crippen molar-refractivity contribution in [3.05, 3.63) is 58.9 Å². The highest BCUT2D eigenvalue weighted by atomic mass is 35.5. The zero-order valence-electron chi connectivity index (χ0n) is 14.3. The lowest BCUT2D eigenvalue weighted by atomic mass is 10.2. The highest BCUT2D eigenvalue weighted by molar-refractivity contribution is 6.31. The molecule has 4 N–H and O–H groups in total. The Morgan fingerprint density at radius 1 is 1.27 bits per heavy atom. The van der Waals surface area contributed by atoms with Crippen LogP contribution in [0, 0.1) is 0 Å². The largest absolute Gasteiger partial charge is 0.492 e. The Labute approximate surface area is 156 Å². The number of aromatic nitrogens is 2. The maximum Gasteiger partial charge on any atom is 0.251 e. The van der Waals surface area contributed by atoms with Gasteiger partial charge in [-0.05, 0) is 42.8 Å². The summed E-state index contributed by atoms with van der Waals surface area (Å²) in [6.07, 6.45) is 1.52. The number of amides is 1. The van der Waals surface area contributed by atoms with Gasteiger partial charge in [-0.15, -0.1) is 0 Å². The summed E-state index contributed by atoms with van der Waals surface area (Å²) in [5, 5.41) is 3.59. The number of nitrogens with zero attached hydrogens (tertiary/aromatic N) is 1. The summed E-state index contributed by atoms with van der Waals surface area (Å²) in [7, 11) is 0. The molecule has 1 amide bonds. The van der Waals surface area contributed by atoms with E-state index in [1.54, 1.807) is 24.3 Å². The quantitative estimate of drug-likeness (QED) is 0.530. The SMILES string of the molecule is NCCOc1cccc(C(=O)NCCCc2nc3ccc(Cl)cc3[nH]2)c1. The Morgan fingerprint density at radius 2 is 2.15 bits per heavy atom. The summed E-state index contributed by atoms with van der Waals surface area (Å²) in [5.74, 6) is 1.40. The third kappa shape index (κ3) is 4.74. The van der Waals surface area contributed by atoms with E-state index >= 15 is 0 Å². The van der Waals surface area contributed by atoms with Crippen molar-refractivity contribution in [2.24, 2.45) is 5.73 Å². The summed E-state index contributed by atoms with van der Waals surface area (Å²) in [6.45, 7) is 1.42. The van der Waals surface area contributed by atoms with Gasteiger partial charge in [0.15, 0.2) is 0 Å². The van der Waals surface area contributed by atoms with Crippen molar-refractivity contribution in [1.29, 1.82) is 0 Å². The number of ether oxygens (including phenoxy) is 1. The lowest BCUT2D eigenvalue weighted by molar-refractivity contribution is 0.0952. The molecule has 3 rings (SSSR count). The maximum atomic E-state index is 12.2. The van der Waals surface area contributed by atoms with Gasteiger partial charge in [-0.1, -0.05) is 17.7 Å². The number of aryl methyl sites for hydroxylation is 1. The molecule has 0 bridgehead atoms. The number of nitrogens with one attached hydrogen (secondary N) is 2. The van der Waals surface area contributed by atoms with Crippen molar-refractivity contribution in [2.75, 3.05) is 19.7 Å². The highest BCUT2D eigenvalue weighted by Crippen LogP contribution is 2.17. The molecule has 3 aromatic rings. The van der Waals surface area contributed by atoms with E-state index < -0.39 is 0 Å². The molecule has 2 aromatic carbocycles. The average Bonchev–Trinajstić information content (AvgIpc) is 3.05. The van der Waals surface area contributed by atoms with Crippen molar-refractivity contribution in [3.63, 3.8) is 0 Å². The molecule has 136 valence electrons. The van der Waals surface area contributed by atoms with E-state index in [0.29, 0.717) is 36.0 Å². The smallest absolute Gasteiger partial charge is 0.251 e. The number of fused-ring (bicyclic) bond motifs is 1. The number of aromatic amines is 1. The molecule has 6 nitrogen and oxygen atoms in total. The molecule has 0 aliphatic heterocycles. The molecule has 0 saturated heterocycles. The minimum Gasteiger partial charge on any atom is -0.492 e. The van der Waals surface area contributed by atoms with E-state index in [-0.39, 0.29) is 5.91 Å². The first-order valence-electron chi connectivity index (χ1n) is 8.51. The molecule has 7 heteroatoms. The zero-order chi connectivity index (χ0) is 18.4. The molecular formula is C19H21ClN4O2. The topological polar surface area (TPSA) is 93.0 Å². The molecule has 0 saturated carbocycles. The minimum atomic E-state index is -0.125. The molecule has 1 heterocycles. The molecule has 0 aliphatic rings. The standard InChI is InChI=1S/C19H21ClN4O2/c20-14-6-7-16-17(12-14)24-18(23-16)5-2-9-22-19(25)13-3-1-4-15(11-13)26-10-8-21/h1,3-4,6-7,11-12H,2,5,8-10,21H2,(H,22,25)(H,23,24). The van der Waals surface area contributed by atoms with Crippen LogP contribution in [0.4, 0.5) is 0 Å². The van der Waals surface area contributed by atoms with Crippen molar-refractivity contribution in [3.8, 4) is 5.75 Å². The Bertz CT molecular complexity index is 894. The number of carbonyl (C=O) groups is 1. The number of carbonyl (C=O) groups excluding carboxylic acids is 1. The summed E-state index contributed by atoms with van der Waals surface area (Å²) in [5.41, 5.74) is 7.80. The van der Waals surface area contributed by atoms with Gasteiger partial charge >= 0.3 is 0 Å². The molecule has 26 heavy (non-hydrogen) atoms. The minimum absolute atomic E-state index is 0.125. The normalized spacial score (nSPS) is 10.8. The fourth-order valence-corrected chi connectivity index (χ4v) is 2.79. The van der Waals surface area contributed by atoms with Gasteiger partial charge in [0.25, 0.3) is 5.91 Å². The van der Waals surface area contributed by atoms with Crippen LogP contribution >= 0.6 is 11.6 Å². The van der Waals surface area contributed by atoms with Gasteiger partial charge in [0, 0.05) is 30.1 Å². The first-order valence-corrected chi connectivity index (χ1v) is 8.89. The molecule has 0 fully saturated rings. The third-order valence-electron chi connectivity index (χ3n) is 3.85. The predicted molar refractivity (Wildman–Crippen MR) is 103 cm³/mol. The van der Waals surface area contributed by atoms with Crippen LogP contribution in [-0.2, 0) is 6.42 Å². The van der Waals surface area contributed by atoms with Crippen LogP contribution in [0.5, 0.6) is 5.75 Å². The summed E-state index contributed by atoms with van der Waals surface area (Å²) < 4.78 is 5.44. The number of nitrogens with two attached hydrogens (primary N) is 1. The van der Waals surface area contributed by atoms with Crippen LogP contribution in [0.1, 0.15) is 22.6 Å². The second-order valence-electron chi connectivity index (χ2n) is 5.87. The van der Waals surface area contributed by atoms with Crippen LogP contribution < -0.4 is 15.8 Å². The van der Waals surface area contributed by atoms with E-state index in [4.69, 9.17) is 22.1 Å². The Kier molecular flexibility index (Phi) is 6.09. The van der Waals surface area contributed by atoms with Gasteiger partial charge in [-0.2, -0.15) is 0 Å². The molecule has 0 radical (unpaired) electrons. The van der Waals surface area contributed by atoms with Crippen LogP contribution in [0.25, 0.3) is 11.0 Å². The highest BCUT2D eigenvalue weighted by Gasteiger charge is 2.07. The van der Waals surface area contributed by atoms with Crippen molar-refractivity contribution in [2.45, 2.75) is 12.8 Å². The van der Waals surface area contributed by atoms with Crippen molar-refractivity contribution >= 4 is 28.5 Å². The monoisotopic (exact) mass is 372 g/mol. The average molecular weight is 373 g/mol. The fourth-order valence-electron chi connectivity index (χ4n) is 2.62. The number of hydrogen-bond acceptors (Lipinski definition) is 4. The summed E-state index contributed by atoms with van der Waals surface area (Å²) >= 11 is 5.98. The van der Waals surface area contributed by atoms with E-state index in [2.05, 4.69) is 15.3 Å². The van der Waals surface area contributed by atoms with Crippen LogP contribution in [0.2, 0.25) is 5.02 Å². The first-order chi connectivity index (χ1) is 12.7. The zero-order valence-corrected chi connectivity index (χ0v) is 15.1.